The van der Waals surface area contributed by atoms with Crippen LogP contribution in [-0.2, 0) is 19.4 Å². The number of fused-ring (bicyclic) bond motifs is 1. The lowest BCUT2D eigenvalue weighted by atomic mass is 9.97. The zero-order valence-electron chi connectivity index (χ0n) is 17.2. The van der Waals surface area contributed by atoms with Crippen LogP contribution >= 0.6 is 0 Å². The maximum absolute atomic E-state index is 13.2. The van der Waals surface area contributed by atoms with E-state index in [0.29, 0.717) is 24.3 Å². The summed E-state index contributed by atoms with van der Waals surface area (Å²) in [4.78, 5) is 17.5. The van der Waals surface area contributed by atoms with Crippen molar-refractivity contribution in [1.82, 2.24) is 19.2 Å². The Labute approximate surface area is 175 Å². The summed E-state index contributed by atoms with van der Waals surface area (Å²) < 4.78 is 3.49. The van der Waals surface area contributed by atoms with Crippen LogP contribution in [0.4, 0.5) is 0 Å². The molecule has 0 bridgehead atoms. The third-order valence-electron chi connectivity index (χ3n) is 5.37. The van der Waals surface area contributed by atoms with Crippen LogP contribution in [0.2, 0.25) is 0 Å². The molecule has 4 rings (SSSR count). The average Bonchev–Trinajstić information content (AvgIpc) is 3.26. The zero-order valence-corrected chi connectivity index (χ0v) is 17.2. The predicted molar refractivity (Wildman–Crippen MR) is 116 cm³/mol. The van der Waals surface area contributed by atoms with E-state index in [1.54, 1.807) is 9.08 Å². The van der Waals surface area contributed by atoms with Crippen molar-refractivity contribution in [3.63, 3.8) is 0 Å². The fraction of sp³-hybridized carbons (Fsp3) is 0.250. The minimum absolute atomic E-state index is 0.000327. The molecule has 0 radical (unpaired) electrons. The SMILES string of the molecule is CCCc1c(Cc2ccc(-c3ccccc3C#N)cc2)c(=O)n(CC)c2ncnn12. The number of nitriles is 1. The van der Waals surface area contributed by atoms with E-state index in [4.69, 9.17) is 0 Å². The maximum atomic E-state index is 13.2. The molecule has 0 atom stereocenters. The molecule has 2 aromatic heterocycles. The number of aromatic nitrogens is 4. The van der Waals surface area contributed by atoms with Gasteiger partial charge in [-0.2, -0.15) is 15.3 Å². The molecule has 0 fully saturated rings. The molecule has 6 heteroatoms. The van der Waals surface area contributed by atoms with Crippen LogP contribution in [0.25, 0.3) is 16.9 Å². The van der Waals surface area contributed by atoms with Gasteiger partial charge in [-0.1, -0.05) is 55.8 Å². The molecule has 0 saturated carbocycles. The summed E-state index contributed by atoms with van der Waals surface area (Å²) in [7, 11) is 0. The standard InChI is InChI=1S/C24H23N5O/c1-3-7-22-21(23(30)28(4-2)24-26-16-27-29(22)24)14-17-10-12-18(13-11-17)20-9-6-5-8-19(20)15-25/h5-6,8-13,16H,3-4,7,14H2,1-2H3. The minimum Gasteiger partial charge on any atom is -0.277 e. The first-order valence-electron chi connectivity index (χ1n) is 10.2. The summed E-state index contributed by atoms with van der Waals surface area (Å²) in [5.74, 6) is 0.596. The van der Waals surface area contributed by atoms with Gasteiger partial charge < -0.3 is 0 Å². The molecule has 0 unspecified atom stereocenters. The molecule has 2 heterocycles. The predicted octanol–water partition coefficient (Wildman–Crippen LogP) is 3.99. The number of hydrogen-bond donors (Lipinski definition) is 0. The Morgan fingerprint density at radius 3 is 2.53 bits per heavy atom. The van der Waals surface area contributed by atoms with Crippen molar-refractivity contribution in [3.05, 3.63) is 87.6 Å². The van der Waals surface area contributed by atoms with Crippen molar-refractivity contribution in [2.24, 2.45) is 0 Å². The molecule has 0 N–H and O–H groups in total. The van der Waals surface area contributed by atoms with Gasteiger partial charge in [0.25, 0.3) is 5.56 Å². The van der Waals surface area contributed by atoms with Gasteiger partial charge in [0, 0.05) is 18.5 Å². The van der Waals surface area contributed by atoms with Crippen LogP contribution in [0.1, 0.15) is 42.7 Å². The van der Waals surface area contributed by atoms with Crippen molar-refractivity contribution < 1.29 is 0 Å². The van der Waals surface area contributed by atoms with Gasteiger partial charge in [0.1, 0.15) is 6.33 Å². The topological polar surface area (TPSA) is 76.0 Å². The Kier molecular flexibility index (Phi) is 5.44. The van der Waals surface area contributed by atoms with E-state index in [9.17, 15) is 10.1 Å². The fourth-order valence-corrected chi connectivity index (χ4v) is 3.91. The summed E-state index contributed by atoms with van der Waals surface area (Å²) in [6.07, 6.45) is 3.72. The molecular weight excluding hydrogens is 374 g/mol. The summed E-state index contributed by atoms with van der Waals surface area (Å²) in [6.45, 7) is 4.59. The van der Waals surface area contributed by atoms with Crippen LogP contribution < -0.4 is 5.56 Å². The molecule has 30 heavy (non-hydrogen) atoms. The van der Waals surface area contributed by atoms with Crippen LogP contribution in [-0.4, -0.2) is 19.2 Å². The normalized spacial score (nSPS) is 11.0. The third-order valence-corrected chi connectivity index (χ3v) is 5.37. The summed E-state index contributed by atoms with van der Waals surface area (Å²) in [5.41, 5.74) is 5.29. The van der Waals surface area contributed by atoms with Gasteiger partial charge in [-0.15, -0.1) is 0 Å². The number of nitrogens with zero attached hydrogens (tertiary/aromatic N) is 5. The van der Waals surface area contributed by atoms with E-state index in [1.807, 2.05) is 55.5 Å². The zero-order chi connectivity index (χ0) is 21.1. The van der Waals surface area contributed by atoms with Crippen molar-refractivity contribution in [1.29, 1.82) is 5.26 Å². The van der Waals surface area contributed by atoms with E-state index in [-0.39, 0.29) is 5.56 Å². The lowest BCUT2D eigenvalue weighted by Gasteiger charge is -2.14. The number of hydrogen-bond acceptors (Lipinski definition) is 4. The Hall–Kier alpha value is -3.72. The Bertz CT molecular complexity index is 1290. The summed E-state index contributed by atoms with van der Waals surface area (Å²) in [5, 5.41) is 13.7. The molecule has 0 amide bonds. The monoisotopic (exact) mass is 397 g/mol. The van der Waals surface area contributed by atoms with Gasteiger partial charge in [-0.05, 0) is 36.1 Å². The highest BCUT2D eigenvalue weighted by Gasteiger charge is 2.18. The van der Waals surface area contributed by atoms with E-state index >= 15 is 0 Å². The first-order chi connectivity index (χ1) is 14.7. The second-order valence-corrected chi connectivity index (χ2v) is 7.23. The molecule has 0 aliphatic heterocycles. The van der Waals surface area contributed by atoms with Crippen molar-refractivity contribution in [2.75, 3.05) is 0 Å². The van der Waals surface area contributed by atoms with Gasteiger partial charge >= 0.3 is 0 Å². The summed E-state index contributed by atoms with van der Waals surface area (Å²) in [6, 6.07) is 17.9. The van der Waals surface area contributed by atoms with Gasteiger partial charge in [0.15, 0.2) is 0 Å². The largest absolute Gasteiger partial charge is 0.277 e. The Morgan fingerprint density at radius 2 is 1.83 bits per heavy atom. The number of aryl methyl sites for hydroxylation is 2. The quantitative estimate of drug-likeness (QED) is 0.493. The summed E-state index contributed by atoms with van der Waals surface area (Å²) >= 11 is 0. The molecule has 0 saturated heterocycles. The Morgan fingerprint density at radius 1 is 1.07 bits per heavy atom. The average molecular weight is 397 g/mol. The second-order valence-electron chi connectivity index (χ2n) is 7.23. The van der Waals surface area contributed by atoms with E-state index < -0.39 is 0 Å². The van der Waals surface area contributed by atoms with Crippen LogP contribution in [0.3, 0.4) is 0 Å². The highest BCUT2D eigenvalue weighted by atomic mass is 16.1. The molecule has 2 aromatic carbocycles. The highest BCUT2D eigenvalue weighted by molar-refractivity contribution is 5.70. The van der Waals surface area contributed by atoms with Gasteiger partial charge in [-0.3, -0.25) is 9.36 Å². The van der Waals surface area contributed by atoms with Crippen molar-refractivity contribution in [2.45, 2.75) is 39.7 Å². The molecule has 150 valence electrons. The van der Waals surface area contributed by atoms with Crippen LogP contribution in [0, 0.1) is 11.3 Å². The van der Waals surface area contributed by atoms with E-state index in [1.165, 1.54) is 6.33 Å². The molecule has 4 aromatic rings. The lowest BCUT2D eigenvalue weighted by Crippen LogP contribution is -2.29. The van der Waals surface area contributed by atoms with Crippen molar-refractivity contribution >= 4 is 5.78 Å². The number of benzene rings is 2. The van der Waals surface area contributed by atoms with E-state index in [2.05, 4.69) is 23.1 Å². The molecule has 0 aliphatic carbocycles. The molecular formula is C24H23N5O. The second kappa shape index (κ2) is 8.34. The first-order valence-corrected chi connectivity index (χ1v) is 10.2. The highest BCUT2D eigenvalue weighted by Crippen LogP contribution is 2.24. The smallest absolute Gasteiger partial charge is 0.258 e. The maximum Gasteiger partial charge on any atom is 0.258 e. The molecule has 0 spiro atoms. The van der Waals surface area contributed by atoms with Gasteiger partial charge in [0.2, 0.25) is 5.78 Å². The van der Waals surface area contributed by atoms with Crippen LogP contribution in [0.5, 0.6) is 0 Å². The molecule has 6 nitrogen and oxygen atoms in total. The van der Waals surface area contributed by atoms with Crippen LogP contribution in [0.15, 0.2) is 59.7 Å². The van der Waals surface area contributed by atoms with Gasteiger partial charge in [-0.25, -0.2) is 4.52 Å². The Balaban J connectivity index is 1.76. The third kappa shape index (κ3) is 3.39. The first kappa shape index (κ1) is 19.6. The molecule has 0 aliphatic rings. The lowest BCUT2D eigenvalue weighted by molar-refractivity contribution is 0.674. The van der Waals surface area contributed by atoms with Crippen molar-refractivity contribution in [3.8, 4) is 17.2 Å². The number of rotatable bonds is 6. The fourth-order valence-electron chi connectivity index (χ4n) is 3.91. The minimum atomic E-state index is 0.000327. The van der Waals surface area contributed by atoms with Gasteiger partial charge in [0.05, 0.1) is 17.3 Å². The van der Waals surface area contributed by atoms with E-state index in [0.717, 1.165) is 40.8 Å².